The Morgan fingerprint density at radius 3 is 3.00 bits per heavy atom. The highest BCUT2D eigenvalue weighted by Crippen LogP contribution is 2.20. The van der Waals surface area contributed by atoms with E-state index in [-0.39, 0.29) is 5.56 Å². The molecule has 0 aliphatic heterocycles. The number of nitrogens with two attached hydrogens (primary N) is 1. The van der Waals surface area contributed by atoms with Gasteiger partial charge in [-0.25, -0.2) is 4.98 Å². The minimum atomic E-state index is -0.0338. The highest BCUT2D eigenvalue weighted by atomic mass is 35.5. The predicted molar refractivity (Wildman–Crippen MR) is 78.8 cm³/mol. The van der Waals surface area contributed by atoms with Crippen molar-refractivity contribution in [2.45, 2.75) is 6.54 Å². The highest BCUT2D eigenvalue weighted by molar-refractivity contribution is 7.17. The largest absolute Gasteiger partial charge is 0.398 e. The molecule has 0 atom stereocenters. The Kier molecular flexibility index (Phi) is 3.00. The van der Waals surface area contributed by atoms with E-state index in [1.54, 1.807) is 23.0 Å². The normalized spacial score (nSPS) is 11.0. The van der Waals surface area contributed by atoms with Gasteiger partial charge in [0.1, 0.15) is 4.70 Å². The zero-order chi connectivity index (χ0) is 13.4. The first-order chi connectivity index (χ1) is 9.15. The molecule has 2 heterocycles. The number of anilines is 1. The molecule has 0 amide bonds. The van der Waals surface area contributed by atoms with Crippen LogP contribution in [0.15, 0.2) is 40.8 Å². The monoisotopic (exact) mass is 291 g/mol. The molecule has 0 spiro atoms. The summed E-state index contributed by atoms with van der Waals surface area (Å²) < 4.78 is 2.24. The van der Waals surface area contributed by atoms with Crippen molar-refractivity contribution in [3.8, 4) is 0 Å². The maximum atomic E-state index is 12.2. The number of thiophene rings is 1. The molecular weight excluding hydrogens is 282 g/mol. The number of nitrogens with zero attached hydrogens (tertiary/aromatic N) is 2. The van der Waals surface area contributed by atoms with Gasteiger partial charge in [0.2, 0.25) is 0 Å². The van der Waals surface area contributed by atoms with Gasteiger partial charge >= 0.3 is 0 Å². The van der Waals surface area contributed by atoms with Gasteiger partial charge in [-0.2, -0.15) is 0 Å². The summed E-state index contributed by atoms with van der Waals surface area (Å²) in [6, 6.07) is 7.19. The molecule has 96 valence electrons. The zero-order valence-corrected chi connectivity index (χ0v) is 11.4. The van der Waals surface area contributed by atoms with Gasteiger partial charge in [-0.1, -0.05) is 17.7 Å². The number of hydrogen-bond acceptors (Lipinski definition) is 4. The summed E-state index contributed by atoms with van der Waals surface area (Å²) in [4.78, 5) is 16.5. The number of aromatic nitrogens is 2. The minimum absolute atomic E-state index is 0.0338. The Labute approximate surface area is 118 Å². The smallest absolute Gasteiger partial charge is 0.271 e. The van der Waals surface area contributed by atoms with Crippen LogP contribution in [0.5, 0.6) is 0 Å². The van der Waals surface area contributed by atoms with Gasteiger partial charge in [-0.3, -0.25) is 9.36 Å². The molecule has 4 nitrogen and oxygen atoms in total. The zero-order valence-electron chi connectivity index (χ0n) is 9.84. The first kappa shape index (κ1) is 12.2. The van der Waals surface area contributed by atoms with Crippen molar-refractivity contribution < 1.29 is 0 Å². The Balaban J connectivity index is 2.03. The second-order valence-corrected chi connectivity index (χ2v) is 5.49. The summed E-state index contributed by atoms with van der Waals surface area (Å²) in [5, 5.41) is 2.38. The van der Waals surface area contributed by atoms with E-state index in [1.807, 2.05) is 17.5 Å². The molecule has 0 saturated heterocycles. The molecule has 0 fully saturated rings. The van der Waals surface area contributed by atoms with E-state index < -0.39 is 0 Å². The van der Waals surface area contributed by atoms with E-state index in [1.165, 1.54) is 11.3 Å². The van der Waals surface area contributed by atoms with Crippen LogP contribution in [-0.4, -0.2) is 9.55 Å². The summed E-state index contributed by atoms with van der Waals surface area (Å²) >= 11 is 7.28. The quantitative estimate of drug-likeness (QED) is 0.739. The van der Waals surface area contributed by atoms with Gasteiger partial charge in [-0.05, 0) is 29.1 Å². The third-order valence-corrected chi connectivity index (χ3v) is 4.08. The number of benzene rings is 1. The van der Waals surface area contributed by atoms with E-state index >= 15 is 0 Å². The van der Waals surface area contributed by atoms with Crippen molar-refractivity contribution in [2.24, 2.45) is 0 Å². The standard InChI is InChI=1S/C13H10ClN3OS/c14-9-2-1-8(5-10(9)15)6-17-7-16-11-3-4-19-12(11)13(17)18/h1-5,7H,6,15H2. The lowest BCUT2D eigenvalue weighted by molar-refractivity contribution is 0.750. The van der Waals surface area contributed by atoms with E-state index in [4.69, 9.17) is 17.3 Å². The van der Waals surface area contributed by atoms with E-state index in [0.717, 1.165) is 11.1 Å². The van der Waals surface area contributed by atoms with Gasteiger partial charge in [-0.15, -0.1) is 11.3 Å². The van der Waals surface area contributed by atoms with Crippen LogP contribution in [0, 0.1) is 0 Å². The van der Waals surface area contributed by atoms with Crippen LogP contribution in [-0.2, 0) is 6.54 Å². The molecule has 0 radical (unpaired) electrons. The third-order valence-electron chi connectivity index (χ3n) is 2.85. The molecule has 2 N–H and O–H groups in total. The fourth-order valence-corrected chi connectivity index (χ4v) is 2.79. The van der Waals surface area contributed by atoms with E-state index in [2.05, 4.69) is 4.98 Å². The number of halogens is 1. The Morgan fingerprint density at radius 1 is 1.37 bits per heavy atom. The van der Waals surface area contributed by atoms with Crippen LogP contribution >= 0.6 is 22.9 Å². The first-order valence-corrected chi connectivity index (χ1v) is 6.87. The molecule has 0 aliphatic carbocycles. The molecule has 3 aromatic rings. The minimum Gasteiger partial charge on any atom is -0.398 e. The van der Waals surface area contributed by atoms with E-state index in [9.17, 15) is 4.79 Å². The van der Waals surface area contributed by atoms with Crippen LogP contribution < -0.4 is 11.3 Å². The maximum absolute atomic E-state index is 12.2. The van der Waals surface area contributed by atoms with Crippen molar-refractivity contribution in [3.05, 3.63) is 56.9 Å². The lowest BCUT2D eigenvalue weighted by Crippen LogP contribution is -2.20. The molecule has 19 heavy (non-hydrogen) atoms. The van der Waals surface area contributed by atoms with Gasteiger partial charge in [0.25, 0.3) is 5.56 Å². The topological polar surface area (TPSA) is 60.9 Å². The average molecular weight is 292 g/mol. The molecule has 0 aliphatic rings. The Morgan fingerprint density at radius 2 is 2.21 bits per heavy atom. The van der Waals surface area contributed by atoms with Crippen LogP contribution in [0.2, 0.25) is 5.02 Å². The van der Waals surface area contributed by atoms with Crippen molar-refractivity contribution in [1.82, 2.24) is 9.55 Å². The number of fused-ring (bicyclic) bond motifs is 1. The summed E-state index contributed by atoms with van der Waals surface area (Å²) in [5.41, 5.74) is 7.89. The van der Waals surface area contributed by atoms with Gasteiger partial charge < -0.3 is 5.73 Å². The lowest BCUT2D eigenvalue weighted by atomic mass is 10.2. The number of nitrogen functional groups attached to an aromatic ring is 1. The van der Waals surface area contributed by atoms with Crippen LogP contribution in [0.1, 0.15) is 5.56 Å². The van der Waals surface area contributed by atoms with Crippen molar-refractivity contribution in [2.75, 3.05) is 5.73 Å². The number of hydrogen-bond donors (Lipinski definition) is 1. The van der Waals surface area contributed by atoms with E-state index in [0.29, 0.717) is 22.0 Å². The predicted octanol–water partition coefficient (Wildman–Crippen LogP) is 2.74. The molecule has 0 unspecified atom stereocenters. The second-order valence-electron chi connectivity index (χ2n) is 4.17. The van der Waals surface area contributed by atoms with Crippen molar-refractivity contribution in [3.63, 3.8) is 0 Å². The molecule has 0 bridgehead atoms. The first-order valence-electron chi connectivity index (χ1n) is 5.62. The molecule has 1 aromatic carbocycles. The SMILES string of the molecule is Nc1cc(Cn2cnc3ccsc3c2=O)ccc1Cl. The summed E-state index contributed by atoms with van der Waals surface area (Å²) in [6.07, 6.45) is 1.56. The Hall–Kier alpha value is -1.85. The van der Waals surface area contributed by atoms with Gasteiger partial charge in [0.15, 0.2) is 0 Å². The fourth-order valence-electron chi connectivity index (χ4n) is 1.88. The molecule has 0 saturated carbocycles. The summed E-state index contributed by atoms with van der Waals surface area (Å²) in [7, 11) is 0. The second kappa shape index (κ2) is 4.68. The maximum Gasteiger partial charge on any atom is 0.271 e. The molecule has 3 rings (SSSR count). The lowest BCUT2D eigenvalue weighted by Gasteiger charge is -2.07. The molecular formula is C13H10ClN3OS. The van der Waals surface area contributed by atoms with Crippen molar-refractivity contribution >= 4 is 38.8 Å². The number of rotatable bonds is 2. The molecule has 2 aromatic heterocycles. The van der Waals surface area contributed by atoms with Crippen LogP contribution in [0.3, 0.4) is 0 Å². The van der Waals surface area contributed by atoms with Gasteiger partial charge in [0.05, 0.1) is 29.1 Å². The summed E-state index contributed by atoms with van der Waals surface area (Å²) in [5.74, 6) is 0. The van der Waals surface area contributed by atoms with Crippen LogP contribution in [0.4, 0.5) is 5.69 Å². The Bertz CT molecular complexity index is 809. The van der Waals surface area contributed by atoms with Crippen LogP contribution in [0.25, 0.3) is 10.2 Å². The highest BCUT2D eigenvalue weighted by Gasteiger charge is 2.06. The van der Waals surface area contributed by atoms with Gasteiger partial charge in [0, 0.05) is 0 Å². The molecule has 6 heteroatoms. The third kappa shape index (κ3) is 2.22. The fraction of sp³-hybridized carbons (Fsp3) is 0.0769. The average Bonchev–Trinajstić information content (AvgIpc) is 2.86. The van der Waals surface area contributed by atoms with Crippen molar-refractivity contribution in [1.29, 1.82) is 0 Å². The summed E-state index contributed by atoms with van der Waals surface area (Å²) in [6.45, 7) is 0.432.